The minimum atomic E-state index is 0.495. The summed E-state index contributed by atoms with van der Waals surface area (Å²) in [5.74, 6) is 0. The average Bonchev–Trinajstić information content (AvgIpc) is 2.24. The van der Waals surface area contributed by atoms with Crippen LogP contribution in [0.15, 0.2) is 35.7 Å². The first-order valence-electron chi connectivity index (χ1n) is 5.96. The lowest BCUT2D eigenvalue weighted by Crippen LogP contribution is -2.27. The van der Waals surface area contributed by atoms with E-state index in [4.69, 9.17) is 0 Å². The van der Waals surface area contributed by atoms with Crippen molar-refractivity contribution in [1.82, 2.24) is 4.90 Å². The van der Waals surface area contributed by atoms with E-state index in [1.54, 1.807) is 0 Å². The van der Waals surface area contributed by atoms with E-state index >= 15 is 0 Å². The first-order chi connectivity index (χ1) is 7.16. The van der Waals surface area contributed by atoms with Gasteiger partial charge in [-0.2, -0.15) is 0 Å². The first kappa shape index (κ1) is 14.0. The Bertz CT molecular complexity index is 255. The van der Waals surface area contributed by atoms with Gasteiger partial charge in [0.2, 0.25) is 0 Å². The second-order valence-corrected chi connectivity index (χ2v) is 3.67. The summed E-state index contributed by atoms with van der Waals surface area (Å²) in [4.78, 5) is 2.34. The molecule has 0 saturated carbocycles. The van der Waals surface area contributed by atoms with E-state index in [1.165, 1.54) is 11.3 Å². The predicted molar refractivity (Wildman–Crippen MR) is 69.6 cm³/mol. The first-order valence-corrected chi connectivity index (χ1v) is 5.96. The molecule has 0 spiro atoms. The molecule has 1 aliphatic rings. The van der Waals surface area contributed by atoms with Gasteiger partial charge in [-0.25, -0.2) is 0 Å². The van der Waals surface area contributed by atoms with Gasteiger partial charge in [-0.3, -0.25) is 0 Å². The molecule has 1 unspecified atom stereocenters. The summed E-state index contributed by atoms with van der Waals surface area (Å²) in [5, 5.41) is 0. The van der Waals surface area contributed by atoms with Crippen molar-refractivity contribution in [2.75, 3.05) is 0 Å². The topological polar surface area (TPSA) is 3.24 Å². The molecule has 1 rings (SSSR count). The molecule has 0 aliphatic carbocycles. The fourth-order valence-corrected chi connectivity index (χ4v) is 1.73. The van der Waals surface area contributed by atoms with Crippen molar-refractivity contribution in [3.05, 3.63) is 35.7 Å². The lowest BCUT2D eigenvalue weighted by Gasteiger charge is -2.30. The average molecular weight is 207 g/mol. The lowest BCUT2D eigenvalue weighted by molar-refractivity contribution is 0.395. The van der Waals surface area contributed by atoms with Crippen molar-refractivity contribution in [3.63, 3.8) is 0 Å². The van der Waals surface area contributed by atoms with Gasteiger partial charge in [0.15, 0.2) is 0 Å². The van der Waals surface area contributed by atoms with Crippen LogP contribution in [0.2, 0.25) is 0 Å². The lowest BCUT2D eigenvalue weighted by atomic mass is 10.1. The zero-order valence-corrected chi connectivity index (χ0v) is 11.0. The van der Waals surface area contributed by atoms with Crippen LogP contribution in [-0.2, 0) is 0 Å². The van der Waals surface area contributed by atoms with Gasteiger partial charge in [-0.15, -0.1) is 0 Å². The van der Waals surface area contributed by atoms with E-state index in [0.717, 1.165) is 6.42 Å². The number of nitrogens with zero attached hydrogens (tertiary/aromatic N) is 1. The highest BCUT2D eigenvalue weighted by Crippen LogP contribution is 2.20. The smallest absolute Gasteiger partial charge is 0.0488 e. The molecule has 0 amide bonds. The number of hydrogen-bond acceptors (Lipinski definition) is 1. The van der Waals surface area contributed by atoms with E-state index in [-0.39, 0.29) is 0 Å². The Morgan fingerprint density at radius 2 is 1.80 bits per heavy atom. The van der Waals surface area contributed by atoms with Crippen LogP contribution >= 0.6 is 0 Å². The van der Waals surface area contributed by atoms with Gasteiger partial charge in [0.1, 0.15) is 0 Å². The number of hydrogen-bond donors (Lipinski definition) is 0. The summed E-state index contributed by atoms with van der Waals surface area (Å²) < 4.78 is 0. The Kier molecular flexibility index (Phi) is 6.85. The van der Waals surface area contributed by atoms with Gasteiger partial charge in [-0.1, -0.05) is 38.5 Å². The minimum Gasteiger partial charge on any atom is -0.345 e. The van der Waals surface area contributed by atoms with Gasteiger partial charge >= 0.3 is 0 Å². The van der Waals surface area contributed by atoms with Gasteiger partial charge in [0.25, 0.3) is 0 Å². The standard InChI is InChI=1S/C12H19N.C2H6/c1-5-12(10(2)3)13-9-7-6-8-11(13)4;1-2/h6-9,11H,5H2,1-4H3;1-2H3. The highest BCUT2D eigenvalue weighted by Gasteiger charge is 2.13. The third kappa shape index (κ3) is 3.94. The molecule has 15 heavy (non-hydrogen) atoms. The summed E-state index contributed by atoms with van der Waals surface area (Å²) >= 11 is 0. The van der Waals surface area contributed by atoms with Gasteiger partial charge in [0.05, 0.1) is 0 Å². The van der Waals surface area contributed by atoms with Crippen LogP contribution in [-0.4, -0.2) is 10.9 Å². The SMILES string of the molecule is CC.CCC(=C(C)C)N1C=CC=CC1C. The minimum absolute atomic E-state index is 0.495. The summed E-state index contributed by atoms with van der Waals surface area (Å²) in [6, 6.07) is 0.495. The second kappa shape index (κ2) is 7.33. The van der Waals surface area contributed by atoms with Crippen molar-refractivity contribution >= 4 is 0 Å². The molecule has 0 aromatic heterocycles. The quantitative estimate of drug-likeness (QED) is 0.645. The van der Waals surface area contributed by atoms with Gasteiger partial charge in [-0.05, 0) is 33.3 Å². The highest BCUT2D eigenvalue weighted by atomic mass is 15.1. The largest absolute Gasteiger partial charge is 0.345 e. The normalized spacial score (nSPS) is 18.3. The summed E-state index contributed by atoms with van der Waals surface area (Å²) in [7, 11) is 0. The Labute approximate surface area is 95.2 Å². The molecular weight excluding hydrogens is 182 g/mol. The molecule has 86 valence electrons. The molecule has 1 heteroatoms. The van der Waals surface area contributed by atoms with E-state index in [0.29, 0.717) is 6.04 Å². The van der Waals surface area contributed by atoms with Crippen LogP contribution in [0.3, 0.4) is 0 Å². The van der Waals surface area contributed by atoms with Crippen molar-refractivity contribution < 1.29 is 0 Å². The maximum absolute atomic E-state index is 2.34. The van der Waals surface area contributed by atoms with Gasteiger partial charge < -0.3 is 4.90 Å². The second-order valence-electron chi connectivity index (χ2n) is 3.67. The Balaban J connectivity index is 0.000000921. The molecule has 1 nitrogen and oxygen atoms in total. The zero-order valence-electron chi connectivity index (χ0n) is 11.0. The maximum atomic E-state index is 2.34. The third-order valence-electron chi connectivity index (χ3n) is 2.41. The molecule has 1 atom stereocenters. The zero-order chi connectivity index (χ0) is 11.8. The van der Waals surface area contributed by atoms with Crippen molar-refractivity contribution in [1.29, 1.82) is 0 Å². The van der Waals surface area contributed by atoms with Crippen LogP contribution in [0.25, 0.3) is 0 Å². The molecule has 0 N–H and O–H groups in total. The van der Waals surface area contributed by atoms with Gasteiger partial charge in [0, 0.05) is 17.9 Å². The van der Waals surface area contributed by atoms with Crippen LogP contribution < -0.4 is 0 Å². The predicted octanol–water partition coefficient (Wildman–Crippen LogP) is 4.49. The van der Waals surface area contributed by atoms with Crippen LogP contribution in [0, 0.1) is 0 Å². The van der Waals surface area contributed by atoms with Crippen LogP contribution in [0.4, 0.5) is 0 Å². The maximum Gasteiger partial charge on any atom is 0.0488 e. The molecule has 0 bridgehead atoms. The van der Waals surface area contributed by atoms with E-state index in [9.17, 15) is 0 Å². The van der Waals surface area contributed by atoms with Crippen LogP contribution in [0.1, 0.15) is 48.0 Å². The fraction of sp³-hybridized carbons (Fsp3) is 0.571. The van der Waals surface area contributed by atoms with E-state index < -0.39 is 0 Å². The molecule has 1 aliphatic heterocycles. The summed E-state index contributed by atoms with van der Waals surface area (Å²) in [5.41, 5.74) is 2.85. The van der Waals surface area contributed by atoms with E-state index in [2.05, 4.69) is 57.0 Å². The summed E-state index contributed by atoms with van der Waals surface area (Å²) in [6.07, 6.45) is 9.69. The monoisotopic (exact) mass is 207 g/mol. The Morgan fingerprint density at radius 3 is 2.20 bits per heavy atom. The molecule has 0 saturated heterocycles. The van der Waals surface area contributed by atoms with Crippen molar-refractivity contribution in [3.8, 4) is 0 Å². The number of rotatable bonds is 2. The fourth-order valence-electron chi connectivity index (χ4n) is 1.73. The Morgan fingerprint density at radius 1 is 1.20 bits per heavy atom. The number of allylic oxidation sites excluding steroid dienone is 4. The highest BCUT2D eigenvalue weighted by molar-refractivity contribution is 5.21. The summed E-state index contributed by atoms with van der Waals surface area (Å²) in [6.45, 7) is 12.8. The van der Waals surface area contributed by atoms with Crippen molar-refractivity contribution in [2.24, 2.45) is 0 Å². The molecule has 0 aromatic carbocycles. The third-order valence-corrected chi connectivity index (χ3v) is 2.41. The molecule has 1 heterocycles. The molecule has 0 fully saturated rings. The van der Waals surface area contributed by atoms with Crippen molar-refractivity contribution in [2.45, 2.75) is 54.0 Å². The van der Waals surface area contributed by atoms with E-state index in [1.807, 2.05) is 13.8 Å². The molecule has 0 aromatic rings. The molecule has 0 radical (unpaired) electrons. The van der Waals surface area contributed by atoms with Crippen LogP contribution in [0.5, 0.6) is 0 Å². The Hall–Kier alpha value is -0.980. The molecular formula is C14H25N.